The van der Waals surface area contributed by atoms with Crippen molar-refractivity contribution in [2.24, 2.45) is 0 Å². The number of rotatable bonds is 2. The van der Waals surface area contributed by atoms with Crippen molar-refractivity contribution in [3.8, 4) is 0 Å². The maximum Gasteiger partial charge on any atom is 0.200 e. The van der Waals surface area contributed by atoms with E-state index in [2.05, 4.69) is 15.3 Å². The van der Waals surface area contributed by atoms with Crippen molar-refractivity contribution in [1.29, 1.82) is 0 Å². The second-order valence-electron chi connectivity index (χ2n) is 4.71. The number of oxazole rings is 1. The maximum atomic E-state index is 5.78. The van der Waals surface area contributed by atoms with E-state index in [1.165, 1.54) is 12.8 Å². The summed E-state index contributed by atoms with van der Waals surface area (Å²) in [6, 6.07) is 4.47. The molecule has 0 radical (unpaired) electrons. The summed E-state index contributed by atoms with van der Waals surface area (Å²) >= 11 is 0. The Hall–Kier alpha value is -1.42. The van der Waals surface area contributed by atoms with Gasteiger partial charge in [0.25, 0.3) is 0 Å². The molecule has 2 aromatic rings. The topological polar surface area (TPSA) is 51.0 Å². The minimum atomic E-state index is 0.466. The van der Waals surface area contributed by atoms with Gasteiger partial charge in [-0.1, -0.05) is 0 Å². The van der Waals surface area contributed by atoms with E-state index in [9.17, 15) is 0 Å². The highest BCUT2D eigenvalue weighted by Gasteiger charge is 2.25. The van der Waals surface area contributed by atoms with Crippen LogP contribution in [0.2, 0.25) is 0 Å². The average molecular weight is 231 g/mol. The van der Waals surface area contributed by atoms with Gasteiger partial charge in [0, 0.05) is 18.2 Å². The smallest absolute Gasteiger partial charge is 0.200 e. The van der Waals surface area contributed by atoms with Crippen molar-refractivity contribution >= 4 is 11.2 Å². The first-order chi connectivity index (χ1) is 8.36. The molecular weight excluding hydrogens is 214 g/mol. The molecule has 2 aromatic heterocycles. The molecule has 1 fully saturated rings. The molecule has 4 nitrogen and oxygen atoms in total. The lowest BCUT2D eigenvalue weighted by atomic mass is 9.86. The standard InChI is InChI=1S/C13H17N3O/c1-14-10-6-4-9(5-7-10)13-16-12-11(17-13)3-2-8-15-12/h2-3,8-10,14H,4-7H2,1H3. The van der Waals surface area contributed by atoms with Crippen LogP contribution in [0, 0.1) is 0 Å². The predicted molar refractivity (Wildman–Crippen MR) is 65.9 cm³/mol. The molecule has 2 heterocycles. The molecule has 1 saturated carbocycles. The van der Waals surface area contributed by atoms with Crippen LogP contribution in [0.4, 0.5) is 0 Å². The van der Waals surface area contributed by atoms with Gasteiger partial charge in [0.15, 0.2) is 17.1 Å². The second kappa shape index (κ2) is 4.45. The lowest BCUT2D eigenvalue weighted by molar-refractivity contribution is 0.322. The van der Waals surface area contributed by atoms with Crippen LogP contribution in [0.5, 0.6) is 0 Å². The molecule has 4 heteroatoms. The van der Waals surface area contributed by atoms with Crippen LogP contribution in [-0.2, 0) is 0 Å². The molecule has 17 heavy (non-hydrogen) atoms. The Bertz CT molecular complexity index is 467. The van der Waals surface area contributed by atoms with Gasteiger partial charge in [-0.05, 0) is 44.9 Å². The summed E-state index contributed by atoms with van der Waals surface area (Å²) < 4.78 is 5.78. The van der Waals surface area contributed by atoms with Gasteiger partial charge >= 0.3 is 0 Å². The van der Waals surface area contributed by atoms with Crippen LogP contribution in [0.3, 0.4) is 0 Å². The summed E-state index contributed by atoms with van der Waals surface area (Å²) in [5, 5.41) is 3.34. The van der Waals surface area contributed by atoms with Gasteiger partial charge in [-0.15, -0.1) is 0 Å². The van der Waals surface area contributed by atoms with E-state index >= 15 is 0 Å². The van der Waals surface area contributed by atoms with Crippen molar-refractivity contribution in [2.75, 3.05) is 7.05 Å². The third-order valence-corrected chi connectivity index (χ3v) is 3.67. The monoisotopic (exact) mass is 231 g/mol. The van der Waals surface area contributed by atoms with Crippen molar-refractivity contribution < 1.29 is 4.42 Å². The van der Waals surface area contributed by atoms with E-state index in [1.54, 1.807) is 6.20 Å². The van der Waals surface area contributed by atoms with Crippen molar-refractivity contribution in [1.82, 2.24) is 15.3 Å². The van der Waals surface area contributed by atoms with Crippen LogP contribution >= 0.6 is 0 Å². The fraction of sp³-hybridized carbons (Fsp3) is 0.538. The van der Waals surface area contributed by atoms with Crippen molar-refractivity contribution in [3.63, 3.8) is 0 Å². The number of nitrogens with zero attached hydrogens (tertiary/aromatic N) is 2. The SMILES string of the molecule is CNC1CCC(c2nc3ncccc3o2)CC1. The Kier molecular flexibility index (Phi) is 2.81. The lowest BCUT2D eigenvalue weighted by Crippen LogP contribution is -2.29. The molecule has 0 atom stereocenters. The molecule has 3 rings (SSSR count). The molecule has 0 aliphatic heterocycles. The number of hydrogen-bond donors (Lipinski definition) is 1. The zero-order valence-electron chi connectivity index (χ0n) is 10.0. The zero-order valence-corrected chi connectivity index (χ0v) is 10.0. The number of nitrogens with one attached hydrogen (secondary N) is 1. The van der Waals surface area contributed by atoms with E-state index in [1.807, 2.05) is 19.2 Å². The zero-order chi connectivity index (χ0) is 11.7. The molecule has 0 bridgehead atoms. The minimum Gasteiger partial charge on any atom is -0.439 e. The average Bonchev–Trinajstić information content (AvgIpc) is 2.82. The minimum absolute atomic E-state index is 0.466. The lowest BCUT2D eigenvalue weighted by Gasteiger charge is -2.26. The quantitative estimate of drug-likeness (QED) is 0.862. The first kappa shape index (κ1) is 10.7. The maximum absolute atomic E-state index is 5.78. The Morgan fingerprint density at radius 2 is 2.12 bits per heavy atom. The largest absolute Gasteiger partial charge is 0.439 e. The number of pyridine rings is 1. The summed E-state index contributed by atoms with van der Waals surface area (Å²) in [5.74, 6) is 1.34. The van der Waals surface area contributed by atoms with Crippen molar-refractivity contribution in [2.45, 2.75) is 37.6 Å². The Balaban J connectivity index is 1.80. The third kappa shape index (κ3) is 2.05. The van der Waals surface area contributed by atoms with Gasteiger partial charge in [-0.25, -0.2) is 4.98 Å². The molecule has 0 spiro atoms. The fourth-order valence-corrected chi connectivity index (χ4v) is 2.59. The van der Waals surface area contributed by atoms with Gasteiger partial charge in [-0.2, -0.15) is 4.98 Å². The molecule has 1 aliphatic rings. The first-order valence-electron chi connectivity index (χ1n) is 6.25. The summed E-state index contributed by atoms with van der Waals surface area (Å²) in [5.41, 5.74) is 1.54. The molecular formula is C13H17N3O. The van der Waals surface area contributed by atoms with E-state index in [4.69, 9.17) is 4.42 Å². The molecule has 1 aliphatic carbocycles. The predicted octanol–water partition coefficient (Wildman–Crippen LogP) is 2.47. The highest BCUT2D eigenvalue weighted by atomic mass is 16.3. The van der Waals surface area contributed by atoms with Crippen LogP contribution in [-0.4, -0.2) is 23.1 Å². The number of fused-ring (bicyclic) bond motifs is 1. The van der Waals surface area contributed by atoms with Gasteiger partial charge < -0.3 is 9.73 Å². The third-order valence-electron chi connectivity index (χ3n) is 3.67. The Morgan fingerprint density at radius 1 is 1.29 bits per heavy atom. The van der Waals surface area contributed by atoms with Crippen LogP contribution in [0.1, 0.15) is 37.5 Å². The number of hydrogen-bond acceptors (Lipinski definition) is 4. The van der Waals surface area contributed by atoms with E-state index < -0.39 is 0 Å². The van der Waals surface area contributed by atoms with Crippen LogP contribution < -0.4 is 5.32 Å². The summed E-state index contributed by atoms with van der Waals surface area (Å²) in [4.78, 5) is 8.70. The van der Waals surface area contributed by atoms with E-state index in [0.29, 0.717) is 12.0 Å². The van der Waals surface area contributed by atoms with Gasteiger partial charge in [0.1, 0.15) is 0 Å². The first-order valence-corrected chi connectivity index (χ1v) is 6.25. The van der Waals surface area contributed by atoms with Crippen molar-refractivity contribution in [3.05, 3.63) is 24.2 Å². The molecule has 90 valence electrons. The highest BCUT2D eigenvalue weighted by molar-refractivity contribution is 5.66. The summed E-state index contributed by atoms with van der Waals surface area (Å²) in [6.45, 7) is 0. The molecule has 1 N–H and O–H groups in total. The molecule has 0 amide bonds. The summed E-state index contributed by atoms with van der Waals surface area (Å²) in [7, 11) is 2.04. The number of aromatic nitrogens is 2. The molecule has 0 aromatic carbocycles. The van der Waals surface area contributed by atoms with Crippen LogP contribution in [0.25, 0.3) is 11.2 Å². The molecule has 0 saturated heterocycles. The van der Waals surface area contributed by atoms with Gasteiger partial charge in [-0.3, -0.25) is 0 Å². The fourth-order valence-electron chi connectivity index (χ4n) is 2.59. The van der Waals surface area contributed by atoms with E-state index in [-0.39, 0.29) is 0 Å². The summed E-state index contributed by atoms with van der Waals surface area (Å²) in [6.07, 6.45) is 6.46. The Morgan fingerprint density at radius 3 is 2.82 bits per heavy atom. The van der Waals surface area contributed by atoms with E-state index in [0.717, 1.165) is 30.0 Å². The highest BCUT2D eigenvalue weighted by Crippen LogP contribution is 2.33. The Labute approximate surface area is 100 Å². The van der Waals surface area contributed by atoms with Crippen LogP contribution in [0.15, 0.2) is 22.7 Å². The second-order valence-corrected chi connectivity index (χ2v) is 4.71. The normalized spacial score (nSPS) is 25.2. The van der Waals surface area contributed by atoms with Gasteiger partial charge in [0.2, 0.25) is 0 Å². The van der Waals surface area contributed by atoms with Gasteiger partial charge in [0.05, 0.1) is 0 Å². The molecule has 0 unspecified atom stereocenters.